The number of benzene rings is 11. The summed E-state index contributed by atoms with van der Waals surface area (Å²) in [6.45, 7) is 4.74. The lowest BCUT2D eigenvalue weighted by Crippen LogP contribution is -2.61. The number of fused-ring (bicyclic) bond motifs is 9. The van der Waals surface area contributed by atoms with Crippen molar-refractivity contribution in [3.63, 3.8) is 0 Å². The van der Waals surface area contributed by atoms with E-state index in [2.05, 4.69) is 260 Å². The average molecular weight is 865 g/mol. The Morgan fingerprint density at radius 2 is 0.721 bits per heavy atom. The van der Waals surface area contributed by atoms with Crippen LogP contribution in [0.25, 0.3) is 66.1 Å². The zero-order valence-electron chi connectivity index (χ0n) is 38.0. The molecule has 0 aromatic heterocycles. The highest BCUT2D eigenvalue weighted by molar-refractivity contribution is 7.00. The molecule has 14 rings (SSSR count). The fourth-order valence-electron chi connectivity index (χ4n) is 11.8. The van der Waals surface area contributed by atoms with Gasteiger partial charge >= 0.3 is 0 Å². The van der Waals surface area contributed by atoms with Crippen molar-refractivity contribution >= 4 is 78.8 Å². The van der Waals surface area contributed by atoms with Gasteiger partial charge in [-0.2, -0.15) is 0 Å². The fourth-order valence-corrected chi connectivity index (χ4v) is 11.8. The van der Waals surface area contributed by atoms with Crippen molar-refractivity contribution < 1.29 is 0 Å². The first-order chi connectivity index (χ1) is 33.5. The standard InChI is InChI=1S/C65H45BN2/c1-65(2)56-24-14-13-23-54(56)55-34-29-50(35-57(55)65)51-40-62-64-63(41-51)68(53-32-27-45(28-33-53)43-17-7-4-8-18-43)61-39-49-22-12-10-20-47(49)37-59(61)66(64)58-36-46-19-9-11-21-48(46)38-60(58)67(62)52-30-25-44(26-31-52)42-15-5-3-6-16-42/h3-41H,1-2H3. The van der Waals surface area contributed by atoms with E-state index in [1.54, 1.807) is 0 Å². The van der Waals surface area contributed by atoms with Gasteiger partial charge in [-0.1, -0.05) is 196 Å². The Kier molecular flexibility index (Phi) is 8.46. The van der Waals surface area contributed by atoms with Crippen LogP contribution in [0.4, 0.5) is 34.1 Å². The van der Waals surface area contributed by atoms with E-state index >= 15 is 0 Å². The van der Waals surface area contributed by atoms with E-state index in [1.165, 1.54) is 116 Å². The smallest absolute Gasteiger partial charge is 0.252 e. The van der Waals surface area contributed by atoms with Crippen LogP contribution in [-0.2, 0) is 5.41 Å². The molecule has 0 radical (unpaired) electrons. The summed E-state index contributed by atoms with van der Waals surface area (Å²) >= 11 is 0. The molecule has 0 unspecified atom stereocenters. The average Bonchev–Trinajstić information content (AvgIpc) is 3.63. The van der Waals surface area contributed by atoms with Crippen LogP contribution < -0.4 is 26.2 Å². The van der Waals surface area contributed by atoms with Gasteiger partial charge in [-0.25, -0.2) is 0 Å². The normalized spacial score (nSPS) is 13.8. The molecule has 318 valence electrons. The minimum atomic E-state index is -0.130. The highest BCUT2D eigenvalue weighted by atomic mass is 15.2. The summed E-state index contributed by atoms with van der Waals surface area (Å²) < 4.78 is 0. The third-order valence-corrected chi connectivity index (χ3v) is 15.2. The molecule has 68 heavy (non-hydrogen) atoms. The minimum Gasteiger partial charge on any atom is -0.311 e. The van der Waals surface area contributed by atoms with Crippen LogP contribution in [0.3, 0.4) is 0 Å². The second kappa shape index (κ2) is 14.8. The Hall–Kier alpha value is -8.40. The zero-order chi connectivity index (χ0) is 45.1. The summed E-state index contributed by atoms with van der Waals surface area (Å²) in [5, 5.41) is 4.95. The van der Waals surface area contributed by atoms with Gasteiger partial charge in [0.1, 0.15) is 0 Å². The van der Waals surface area contributed by atoms with Crippen molar-refractivity contribution in [2.45, 2.75) is 19.3 Å². The summed E-state index contributed by atoms with van der Waals surface area (Å²) in [5.41, 5.74) is 23.5. The Morgan fingerprint density at radius 1 is 0.309 bits per heavy atom. The molecule has 2 nitrogen and oxygen atoms in total. The number of hydrogen-bond donors (Lipinski definition) is 0. The Bertz CT molecular complexity index is 3620. The summed E-state index contributed by atoms with van der Waals surface area (Å²) in [5.74, 6) is 0. The molecular weight excluding hydrogens is 820 g/mol. The van der Waals surface area contributed by atoms with Gasteiger partial charge in [0.2, 0.25) is 0 Å². The molecule has 0 atom stereocenters. The zero-order valence-corrected chi connectivity index (χ0v) is 38.0. The molecule has 1 aliphatic carbocycles. The minimum absolute atomic E-state index is 0.0265. The lowest BCUT2D eigenvalue weighted by atomic mass is 9.33. The molecule has 0 spiro atoms. The van der Waals surface area contributed by atoms with Gasteiger partial charge in [-0.05, 0) is 148 Å². The SMILES string of the molecule is CC1(C)c2ccccc2-c2ccc(-c3cc4c5c(c3)N(c3ccc(-c6ccccc6)cc3)c3cc6ccccc6cc3B5c3cc5ccccc5cc3N4c3ccc(-c4ccccc4)cc3)cc21. The first-order valence-electron chi connectivity index (χ1n) is 23.9. The third-order valence-electron chi connectivity index (χ3n) is 15.2. The summed E-state index contributed by atoms with van der Waals surface area (Å²) in [6, 6.07) is 88.6. The molecule has 0 fully saturated rings. The summed E-state index contributed by atoms with van der Waals surface area (Å²) in [7, 11) is 0. The molecule has 11 aromatic rings. The lowest BCUT2D eigenvalue weighted by molar-refractivity contribution is 0.660. The lowest BCUT2D eigenvalue weighted by Gasteiger charge is -2.44. The van der Waals surface area contributed by atoms with Gasteiger partial charge < -0.3 is 9.80 Å². The van der Waals surface area contributed by atoms with Gasteiger partial charge in [-0.15, -0.1) is 0 Å². The molecule has 3 aliphatic rings. The first kappa shape index (κ1) is 38.8. The monoisotopic (exact) mass is 864 g/mol. The van der Waals surface area contributed by atoms with Crippen molar-refractivity contribution in [3.8, 4) is 44.5 Å². The van der Waals surface area contributed by atoms with Crippen LogP contribution in [-0.4, -0.2) is 6.71 Å². The topological polar surface area (TPSA) is 6.48 Å². The van der Waals surface area contributed by atoms with Gasteiger partial charge in [0, 0.05) is 39.5 Å². The van der Waals surface area contributed by atoms with Crippen molar-refractivity contribution in [3.05, 3.63) is 248 Å². The van der Waals surface area contributed by atoms with E-state index in [4.69, 9.17) is 0 Å². The highest BCUT2D eigenvalue weighted by Gasteiger charge is 2.44. The van der Waals surface area contributed by atoms with Crippen LogP contribution in [0.15, 0.2) is 237 Å². The van der Waals surface area contributed by atoms with E-state index in [9.17, 15) is 0 Å². The van der Waals surface area contributed by atoms with Crippen LogP contribution in [0, 0.1) is 0 Å². The number of hydrogen-bond acceptors (Lipinski definition) is 2. The largest absolute Gasteiger partial charge is 0.311 e. The second-order valence-corrected chi connectivity index (χ2v) is 19.3. The molecule has 2 heterocycles. The van der Waals surface area contributed by atoms with Gasteiger partial charge in [-0.3, -0.25) is 0 Å². The van der Waals surface area contributed by atoms with E-state index in [0.29, 0.717) is 0 Å². The Labute approximate surface area is 398 Å². The maximum atomic E-state index is 2.56. The van der Waals surface area contributed by atoms with E-state index in [0.717, 1.165) is 11.4 Å². The molecule has 11 aromatic carbocycles. The maximum absolute atomic E-state index is 2.56. The quantitative estimate of drug-likeness (QED) is 0.159. The third kappa shape index (κ3) is 5.85. The first-order valence-corrected chi connectivity index (χ1v) is 23.9. The van der Waals surface area contributed by atoms with E-state index < -0.39 is 0 Å². The number of rotatable bonds is 5. The van der Waals surface area contributed by atoms with Crippen molar-refractivity contribution in [2.24, 2.45) is 0 Å². The Balaban J connectivity index is 1.07. The molecule has 0 amide bonds. The van der Waals surface area contributed by atoms with Gasteiger partial charge in [0.25, 0.3) is 6.71 Å². The van der Waals surface area contributed by atoms with Crippen LogP contribution in [0.5, 0.6) is 0 Å². The van der Waals surface area contributed by atoms with Crippen molar-refractivity contribution in [2.75, 3.05) is 9.80 Å². The van der Waals surface area contributed by atoms with Crippen molar-refractivity contribution in [1.29, 1.82) is 0 Å². The van der Waals surface area contributed by atoms with Crippen LogP contribution >= 0.6 is 0 Å². The van der Waals surface area contributed by atoms with Gasteiger partial charge in [0.15, 0.2) is 0 Å². The Morgan fingerprint density at radius 3 is 1.24 bits per heavy atom. The van der Waals surface area contributed by atoms with Crippen molar-refractivity contribution in [1.82, 2.24) is 0 Å². The molecule has 0 N–H and O–H groups in total. The van der Waals surface area contributed by atoms with Crippen LogP contribution in [0.2, 0.25) is 0 Å². The predicted molar refractivity (Wildman–Crippen MR) is 289 cm³/mol. The van der Waals surface area contributed by atoms with E-state index in [-0.39, 0.29) is 12.1 Å². The molecule has 0 saturated carbocycles. The number of nitrogens with zero attached hydrogens (tertiary/aromatic N) is 2. The fraction of sp³-hybridized carbons (Fsp3) is 0.0462. The molecule has 0 bridgehead atoms. The van der Waals surface area contributed by atoms with E-state index in [1.807, 2.05) is 0 Å². The summed E-state index contributed by atoms with van der Waals surface area (Å²) in [4.78, 5) is 5.12. The van der Waals surface area contributed by atoms with Crippen LogP contribution in [0.1, 0.15) is 25.0 Å². The predicted octanol–water partition coefficient (Wildman–Crippen LogP) is 15.4. The maximum Gasteiger partial charge on any atom is 0.252 e. The molecule has 2 aliphatic heterocycles. The second-order valence-electron chi connectivity index (χ2n) is 19.3. The summed E-state index contributed by atoms with van der Waals surface area (Å²) in [6.07, 6.45) is 0. The molecular formula is C65H45BN2. The number of anilines is 6. The molecule has 3 heteroatoms. The molecule has 0 saturated heterocycles. The van der Waals surface area contributed by atoms with Gasteiger partial charge in [0.05, 0.1) is 0 Å². The highest BCUT2D eigenvalue weighted by Crippen LogP contribution is 2.51.